The lowest BCUT2D eigenvalue weighted by Crippen LogP contribution is -2.41. The summed E-state index contributed by atoms with van der Waals surface area (Å²) in [6, 6.07) is 10.4. The predicted octanol–water partition coefficient (Wildman–Crippen LogP) is 4.78. The Kier molecular flexibility index (Phi) is 7.97. The molecular formula is C24H30F3N3O3. The van der Waals surface area contributed by atoms with Crippen LogP contribution in [0.25, 0.3) is 12.2 Å². The van der Waals surface area contributed by atoms with Crippen LogP contribution in [-0.4, -0.2) is 57.6 Å². The molecule has 0 radical (unpaired) electrons. The van der Waals surface area contributed by atoms with Gasteiger partial charge in [0.25, 0.3) is 0 Å². The first-order valence-electron chi connectivity index (χ1n) is 11.0. The van der Waals surface area contributed by atoms with E-state index >= 15 is 0 Å². The van der Waals surface area contributed by atoms with Gasteiger partial charge >= 0.3 is 12.1 Å². The summed E-state index contributed by atoms with van der Waals surface area (Å²) in [6.07, 6.45) is 2.61. The van der Waals surface area contributed by atoms with Gasteiger partial charge in [-0.2, -0.15) is 18.3 Å². The highest BCUT2D eigenvalue weighted by Gasteiger charge is 2.38. The maximum absolute atomic E-state index is 10.6. The molecule has 2 aliphatic rings. The predicted molar refractivity (Wildman–Crippen MR) is 119 cm³/mol. The number of benzene rings is 1. The molecule has 0 saturated carbocycles. The van der Waals surface area contributed by atoms with Crippen LogP contribution in [0.15, 0.2) is 30.3 Å². The Labute approximate surface area is 191 Å². The van der Waals surface area contributed by atoms with Crippen molar-refractivity contribution in [1.29, 1.82) is 0 Å². The van der Waals surface area contributed by atoms with Gasteiger partial charge in [0.05, 0.1) is 11.3 Å². The normalized spacial score (nSPS) is 20.7. The molecule has 4 rings (SSSR count). The molecule has 0 amide bonds. The Morgan fingerprint density at radius 2 is 2.00 bits per heavy atom. The zero-order valence-corrected chi connectivity index (χ0v) is 18.9. The Morgan fingerprint density at radius 3 is 2.64 bits per heavy atom. The van der Waals surface area contributed by atoms with Crippen molar-refractivity contribution in [2.45, 2.75) is 51.4 Å². The van der Waals surface area contributed by atoms with Crippen molar-refractivity contribution in [2.75, 3.05) is 19.7 Å². The lowest BCUT2D eigenvalue weighted by molar-refractivity contribution is -0.192. The second-order valence-corrected chi connectivity index (χ2v) is 9.06. The SMILES string of the molecule is CC1(C)CC(CN2CCc3[nH]nc(C=Cc4ccccc4)c3C2)CCO1.O=C(O)C(F)(F)F. The van der Waals surface area contributed by atoms with Crippen LogP contribution in [0.3, 0.4) is 0 Å². The van der Waals surface area contributed by atoms with E-state index in [1.54, 1.807) is 0 Å². The van der Waals surface area contributed by atoms with Gasteiger partial charge in [0.1, 0.15) is 0 Å². The molecule has 1 saturated heterocycles. The first kappa shape index (κ1) is 25.0. The molecule has 1 fully saturated rings. The number of H-pyrrole nitrogens is 1. The summed E-state index contributed by atoms with van der Waals surface area (Å²) in [7, 11) is 0. The third kappa shape index (κ3) is 7.43. The molecule has 1 aromatic carbocycles. The maximum Gasteiger partial charge on any atom is 0.490 e. The molecule has 180 valence electrons. The summed E-state index contributed by atoms with van der Waals surface area (Å²) in [5.41, 5.74) is 5.00. The number of aliphatic carboxylic acids is 1. The van der Waals surface area contributed by atoms with Gasteiger partial charge in [-0.15, -0.1) is 0 Å². The number of hydrogen-bond acceptors (Lipinski definition) is 4. The van der Waals surface area contributed by atoms with E-state index in [4.69, 9.17) is 14.6 Å². The number of hydrogen-bond donors (Lipinski definition) is 2. The molecule has 33 heavy (non-hydrogen) atoms. The van der Waals surface area contributed by atoms with Gasteiger partial charge in [-0.25, -0.2) is 4.79 Å². The van der Waals surface area contributed by atoms with Gasteiger partial charge in [0.2, 0.25) is 0 Å². The van der Waals surface area contributed by atoms with Crippen molar-refractivity contribution in [2.24, 2.45) is 5.92 Å². The van der Waals surface area contributed by atoms with Crippen LogP contribution in [-0.2, 0) is 22.5 Å². The van der Waals surface area contributed by atoms with E-state index in [1.807, 2.05) is 6.07 Å². The summed E-state index contributed by atoms with van der Waals surface area (Å²) >= 11 is 0. The van der Waals surface area contributed by atoms with Crippen molar-refractivity contribution in [3.63, 3.8) is 0 Å². The van der Waals surface area contributed by atoms with E-state index in [2.05, 4.69) is 65.4 Å². The lowest BCUT2D eigenvalue weighted by Gasteiger charge is -2.38. The molecule has 9 heteroatoms. The van der Waals surface area contributed by atoms with E-state index in [9.17, 15) is 13.2 Å². The Morgan fingerprint density at radius 1 is 1.30 bits per heavy atom. The number of ether oxygens (including phenoxy) is 1. The standard InChI is InChI=1S/C22H29N3O.C2HF3O2/c1-22(2)14-18(11-13-26-22)15-25-12-10-21-19(16-25)20(23-24-21)9-8-17-6-4-3-5-7-17;3-2(4,5)1(6)7/h3-9,18H,10-16H2,1-2H3,(H,23,24);(H,6,7). The van der Waals surface area contributed by atoms with Gasteiger partial charge in [-0.1, -0.05) is 36.4 Å². The fourth-order valence-corrected chi connectivity index (χ4v) is 4.29. The minimum atomic E-state index is -5.08. The zero-order chi connectivity index (χ0) is 24.1. The molecule has 0 aliphatic carbocycles. The van der Waals surface area contributed by atoms with E-state index in [0.717, 1.165) is 44.1 Å². The number of carboxylic acid groups (broad SMARTS) is 1. The average Bonchev–Trinajstić information content (AvgIpc) is 3.14. The second-order valence-electron chi connectivity index (χ2n) is 9.06. The summed E-state index contributed by atoms with van der Waals surface area (Å²) in [6.45, 7) is 8.62. The quantitative estimate of drug-likeness (QED) is 0.680. The van der Waals surface area contributed by atoms with E-state index < -0.39 is 12.1 Å². The Bertz CT molecular complexity index is 955. The van der Waals surface area contributed by atoms with Crippen LogP contribution in [0, 0.1) is 5.92 Å². The average molecular weight is 466 g/mol. The first-order valence-corrected chi connectivity index (χ1v) is 11.0. The molecule has 2 aromatic rings. The number of alkyl halides is 3. The largest absolute Gasteiger partial charge is 0.490 e. The van der Waals surface area contributed by atoms with E-state index in [1.165, 1.54) is 29.8 Å². The fourth-order valence-electron chi connectivity index (χ4n) is 4.29. The molecule has 6 nitrogen and oxygen atoms in total. The van der Waals surface area contributed by atoms with Gasteiger partial charge in [-0.05, 0) is 44.2 Å². The van der Waals surface area contributed by atoms with Crippen LogP contribution < -0.4 is 0 Å². The van der Waals surface area contributed by atoms with Crippen LogP contribution in [0.1, 0.15) is 49.2 Å². The molecule has 1 atom stereocenters. The summed E-state index contributed by atoms with van der Waals surface area (Å²) in [5.74, 6) is -2.02. The molecule has 0 spiro atoms. The highest BCUT2D eigenvalue weighted by atomic mass is 19.4. The zero-order valence-electron chi connectivity index (χ0n) is 18.9. The molecule has 3 heterocycles. The molecule has 2 N–H and O–H groups in total. The Balaban J connectivity index is 0.000000383. The molecule has 1 aromatic heterocycles. The first-order chi connectivity index (χ1) is 15.5. The van der Waals surface area contributed by atoms with Crippen LogP contribution >= 0.6 is 0 Å². The van der Waals surface area contributed by atoms with Gasteiger partial charge in [0.15, 0.2) is 0 Å². The highest BCUT2D eigenvalue weighted by Crippen LogP contribution is 2.31. The monoisotopic (exact) mass is 465 g/mol. The number of carbonyl (C=O) groups is 1. The minimum absolute atomic E-state index is 0.0308. The fraction of sp³-hybridized carbons (Fsp3) is 0.500. The molecule has 2 aliphatic heterocycles. The number of aromatic amines is 1. The Hall–Kier alpha value is -2.65. The molecule has 1 unspecified atom stereocenters. The van der Waals surface area contributed by atoms with Gasteiger partial charge in [-0.3, -0.25) is 10.00 Å². The number of nitrogens with one attached hydrogen (secondary N) is 1. The van der Waals surface area contributed by atoms with Crippen molar-refractivity contribution < 1.29 is 27.8 Å². The lowest BCUT2D eigenvalue weighted by atomic mass is 9.87. The van der Waals surface area contributed by atoms with Crippen molar-refractivity contribution >= 4 is 18.1 Å². The molecular weight excluding hydrogens is 435 g/mol. The second kappa shape index (κ2) is 10.5. The number of nitrogens with zero attached hydrogens (tertiary/aromatic N) is 2. The maximum atomic E-state index is 10.6. The number of rotatable bonds is 4. The third-order valence-electron chi connectivity index (χ3n) is 5.84. The van der Waals surface area contributed by atoms with E-state index in [0.29, 0.717) is 0 Å². The van der Waals surface area contributed by atoms with Crippen LogP contribution in [0.4, 0.5) is 13.2 Å². The van der Waals surface area contributed by atoms with E-state index in [-0.39, 0.29) is 5.60 Å². The number of aromatic nitrogens is 2. The van der Waals surface area contributed by atoms with Gasteiger partial charge < -0.3 is 9.84 Å². The van der Waals surface area contributed by atoms with Crippen LogP contribution in [0.2, 0.25) is 0 Å². The third-order valence-corrected chi connectivity index (χ3v) is 5.84. The van der Waals surface area contributed by atoms with Crippen molar-refractivity contribution in [3.8, 4) is 0 Å². The molecule has 0 bridgehead atoms. The van der Waals surface area contributed by atoms with Crippen LogP contribution in [0.5, 0.6) is 0 Å². The van der Waals surface area contributed by atoms with Gasteiger partial charge in [0, 0.05) is 43.9 Å². The highest BCUT2D eigenvalue weighted by molar-refractivity contribution is 5.73. The number of fused-ring (bicyclic) bond motifs is 1. The summed E-state index contributed by atoms with van der Waals surface area (Å²) in [5, 5.41) is 14.9. The smallest absolute Gasteiger partial charge is 0.475 e. The van der Waals surface area contributed by atoms with Crippen molar-refractivity contribution in [3.05, 3.63) is 52.8 Å². The minimum Gasteiger partial charge on any atom is -0.475 e. The van der Waals surface area contributed by atoms with Crippen molar-refractivity contribution in [1.82, 2.24) is 15.1 Å². The summed E-state index contributed by atoms with van der Waals surface area (Å²) in [4.78, 5) is 11.5. The summed E-state index contributed by atoms with van der Waals surface area (Å²) < 4.78 is 37.6. The topological polar surface area (TPSA) is 78.5 Å². The number of carboxylic acids is 1. The number of halogens is 3.